The molecule has 2 aliphatic rings. The fourth-order valence-electron chi connectivity index (χ4n) is 1.52. The first-order valence-corrected chi connectivity index (χ1v) is 3.07. The first-order chi connectivity index (χ1) is 3.88. The minimum absolute atomic E-state index is 0.343. The summed E-state index contributed by atoms with van der Waals surface area (Å²) in [6.45, 7) is 0. The molecular weight excluding hydrogens is 100 g/mol. The molecule has 0 aromatic carbocycles. The molecule has 0 spiro atoms. The number of carbonyl (C=O) groups is 1. The second-order valence-corrected chi connectivity index (χ2v) is 2.62. The highest BCUT2D eigenvalue weighted by Gasteiger charge is 2.39. The van der Waals surface area contributed by atoms with E-state index < -0.39 is 0 Å². The molecule has 0 heterocycles. The smallest absolute Gasteiger partial charge is 0.140 e. The van der Waals surface area contributed by atoms with Crippen LogP contribution in [0.4, 0.5) is 0 Å². The van der Waals surface area contributed by atoms with Crippen molar-refractivity contribution in [2.24, 2.45) is 11.8 Å². The van der Waals surface area contributed by atoms with Gasteiger partial charge in [0.1, 0.15) is 5.78 Å². The number of allylic oxidation sites excluding steroid dienone is 2. The molecule has 1 fully saturated rings. The van der Waals surface area contributed by atoms with Crippen LogP contribution in [0.5, 0.6) is 0 Å². The zero-order chi connectivity index (χ0) is 5.56. The van der Waals surface area contributed by atoms with E-state index in [0.29, 0.717) is 17.6 Å². The molecule has 0 N–H and O–H groups in total. The summed E-state index contributed by atoms with van der Waals surface area (Å²) in [6.07, 6.45) is 6.17. The van der Waals surface area contributed by atoms with Crippen LogP contribution in [0.1, 0.15) is 12.8 Å². The van der Waals surface area contributed by atoms with Crippen molar-refractivity contribution in [1.82, 2.24) is 0 Å². The Balaban J connectivity index is 2.21. The molecule has 1 saturated carbocycles. The zero-order valence-corrected chi connectivity index (χ0v) is 4.63. The number of fused-ring (bicyclic) bond motifs is 1. The van der Waals surface area contributed by atoms with Crippen LogP contribution < -0.4 is 0 Å². The summed E-state index contributed by atoms with van der Waals surface area (Å²) >= 11 is 0. The van der Waals surface area contributed by atoms with E-state index in [2.05, 4.69) is 12.2 Å². The Bertz CT molecular complexity index is 158. The van der Waals surface area contributed by atoms with E-state index in [1.54, 1.807) is 0 Å². The third-order valence-corrected chi connectivity index (χ3v) is 2.13. The first-order valence-electron chi connectivity index (χ1n) is 3.07. The van der Waals surface area contributed by atoms with Crippen LogP contribution in [0.2, 0.25) is 0 Å². The lowest BCUT2D eigenvalue weighted by Crippen LogP contribution is -2.32. The summed E-state index contributed by atoms with van der Waals surface area (Å²) in [7, 11) is 0. The van der Waals surface area contributed by atoms with Crippen LogP contribution in [-0.2, 0) is 4.79 Å². The summed E-state index contributed by atoms with van der Waals surface area (Å²) in [4.78, 5) is 10.7. The summed E-state index contributed by atoms with van der Waals surface area (Å²) in [5, 5.41) is 0. The van der Waals surface area contributed by atoms with Gasteiger partial charge in [0, 0.05) is 12.3 Å². The van der Waals surface area contributed by atoms with E-state index in [1.807, 2.05) is 0 Å². The maximum Gasteiger partial charge on any atom is 0.140 e. The standard InChI is InChI=1S/C7H8O/c8-7-4-5-2-1-3-6(5)7/h1,3,5-6H,2,4H2/t5-,6-/m0/s1. The van der Waals surface area contributed by atoms with Crippen LogP contribution in [0, 0.1) is 11.8 Å². The van der Waals surface area contributed by atoms with Crippen molar-refractivity contribution in [3.8, 4) is 0 Å². The molecule has 1 heteroatoms. The van der Waals surface area contributed by atoms with E-state index in [9.17, 15) is 4.79 Å². The van der Waals surface area contributed by atoms with Crippen LogP contribution in [0.25, 0.3) is 0 Å². The lowest BCUT2D eigenvalue weighted by Gasteiger charge is -2.27. The van der Waals surface area contributed by atoms with Crippen molar-refractivity contribution in [3.63, 3.8) is 0 Å². The Labute approximate surface area is 48.4 Å². The number of hydrogen-bond acceptors (Lipinski definition) is 1. The van der Waals surface area contributed by atoms with E-state index in [-0.39, 0.29) is 0 Å². The predicted octanol–water partition coefficient (Wildman–Crippen LogP) is 1.15. The monoisotopic (exact) mass is 108 g/mol. The molecule has 8 heavy (non-hydrogen) atoms. The Hall–Kier alpha value is -0.590. The topological polar surface area (TPSA) is 17.1 Å². The molecule has 0 bridgehead atoms. The van der Waals surface area contributed by atoms with Gasteiger partial charge in [-0.05, 0) is 12.3 Å². The molecule has 0 unspecified atom stereocenters. The molecule has 0 aliphatic heterocycles. The van der Waals surface area contributed by atoms with Crippen molar-refractivity contribution in [3.05, 3.63) is 12.2 Å². The fraction of sp³-hybridized carbons (Fsp3) is 0.571. The fourth-order valence-corrected chi connectivity index (χ4v) is 1.52. The Morgan fingerprint density at radius 2 is 2.50 bits per heavy atom. The minimum Gasteiger partial charge on any atom is -0.299 e. The Kier molecular flexibility index (Phi) is 0.655. The van der Waals surface area contributed by atoms with Crippen molar-refractivity contribution in [2.45, 2.75) is 12.8 Å². The number of rotatable bonds is 0. The van der Waals surface area contributed by atoms with Gasteiger partial charge < -0.3 is 0 Å². The van der Waals surface area contributed by atoms with Crippen LogP contribution in [0.15, 0.2) is 12.2 Å². The van der Waals surface area contributed by atoms with Gasteiger partial charge in [-0.15, -0.1) is 0 Å². The summed E-state index contributed by atoms with van der Waals surface area (Å²) in [6, 6.07) is 0. The Morgan fingerprint density at radius 1 is 1.62 bits per heavy atom. The van der Waals surface area contributed by atoms with Gasteiger partial charge in [-0.25, -0.2) is 0 Å². The highest BCUT2D eigenvalue weighted by Crippen LogP contribution is 2.38. The van der Waals surface area contributed by atoms with Gasteiger partial charge in [0.05, 0.1) is 0 Å². The van der Waals surface area contributed by atoms with Gasteiger partial charge in [-0.1, -0.05) is 12.2 Å². The summed E-state index contributed by atoms with van der Waals surface area (Å²) < 4.78 is 0. The van der Waals surface area contributed by atoms with Crippen LogP contribution >= 0.6 is 0 Å². The largest absolute Gasteiger partial charge is 0.299 e. The molecule has 0 aromatic heterocycles. The second kappa shape index (κ2) is 1.22. The predicted molar refractivity (Wildman–Crippen MR) is 30.4 cm³/mol. The third kappa shape index (κ3) is 0.347. The SMILES string of the molecule is O=C1C[C@@H]2CC=C[C@H]12. The average molecular weight is 108 g/mol. The maximum atomic E-state index is 10.7. The van der Waals surface area contributed by atoms with Crippen molar-refractivity contribution in [1.29, 1.82) is 0 Å². The molecule has 2 atom stereocenters. The normalized spacial score (nSPS) is 41.8. The lowest BCUT2D eigenvalue weighted by atomic mass is 9.75. The number of carbonyl (C=O) groups excluding carboxylic acids is 1. The lowest BCUT2D eigenvalue weighted by molar-refractivity contribution is -0.130. The van der Waals surface area contributed by atoms with Crippen molar-refractivity contribution < 1.29 is 4.79 Å². The molecule has 0 radical (unpaired) electrons. The molecular formula is C7H8O. The molecule has 42 valence electrons. The van der Waals surface area contributed by atoms with Gasteiger partial charge in [0.15, 0.2) is 0 Å². The van der Waals surface area contributed by atoms with Gasteiger partial charge in [0.2, 0.25) is 0 Å². The van der Waals surface area contributed by atoms with Crippen LogP contribution in [-0.4, -0.2) is 5.78 Å². The molecule has 0 saturated heterocycles. The van der Waals surface area contributed by atoms with Gasteiger partial charge >= 0.3 is 0 Å². The maximum absolute atomic E-state index is 10.7. The van der Waals surface area contributed by atoms with E-state index in [4.69, 9.17) is 0 Å². The number of Topliss-reactive ketones (excluding diaryl/α,β-unsaturated/α-hetero) is 1. The second-order valence-electron chi connectivity index (χ2n) is 2.62. The average Bonchev–Trinajstić information content (AvgIpc) is 2.09. The van der Waals surface area contributed by atoms with Gasteiger partial charge in [-0.2, -0.15) is 0 Å². The van der Waals surface area contributed by atoms with E-state index in [0.717, 1.165) is 12.8 Å². The van der Waals surface area contributed by atoms with E-state index in [1.165, 1.54) is 0 Å². The Morgan fingerprint density at radius 3 is 3.00 bits per heavy atom. The molecule has 0 amide bonds. The molecule has 0 aromatic rings. The summed E-state index contributed by atoms with van der Waals surface area (Å²) in [5.74, 6) is 1.50. The molecule has 2 aliphatic carbocycles. The number of ketones is 1. The van der Waals surface area contributed by atoms with Crippen molar-refractivity contribution >= 4 is 5.78 Å². The van der Waals surface area contributed by atoms with E-state index >= 15 is 0 Å². The highest BCUT2D eigenvalue weighted by molar-refractivity contribution is 5.89. The minimum atomic E-state index is 0.343. The quantitative estimate of drug-likeness (QED) is 0.425. The molecule has 1 nitrogen and oxygen atoms in total. The highest BCUT2D eigenvalue weighted by atomic mass is 16.1. The van der Waals surface area contributed by atoms with Crippen molar-refractivity contribution in [2.75, 3.05) is 0 Å². The zero-order valence-electron chi connectivity index (χ0n) is 4.63. The van der Waals surface area contributed by atoms with Gasteiger partial charge in [0.25, 0.3) is 0 Å². The van der Waals surface area contributed by atoms with Gasteiger partial charge in [-0.3, -0.25) is 4.79 Å². The summed E-state index contributed by atoms with van der Waals surface area (Å²) in [5.41, 5.74) is 0. The third-order valence-electron chi connectivity index (χ3n) is 2.13. The first kappa shape index (κ1) is 4.30. The molecule has 2 rings (SSSR count). The number of hydrogen-bond donors (Lipinski definition) is 0. The van der Waals surface area contributed by atoms with Crippen LogP contribution in [0.3, 0.4) is 0 Å².